The van der Waals surface area contributed by atoms with Crippen LogP contribution in [0.1, 0.15) is 32.1 Å². The monoisotopic (exact) mass is 448 g/mol. The molecule has 0 aliphatic rings. The summed E-state index contributed by atoms with van der Waals surface area (Å²) in [6, 6.07) is -3.90. The van der Waals surface area contributed by atoms with Crippen molar-refractivity contribution < 1.29 is 43.3 Å². The lowest BCUT2D eigenvalue weighted by Gasteiger charge is -2.13. The van der Waals surface area contributed by atoms with Crippen LogP contribution in [0.3, 0.4) is 0 Å². The van der Waals surface area contributed by atoms with Crippen LogP contribution in [0, 0.1) is 0 Å². The van der Waals surface area contributed by atoms with Crippen LogP contribution in [-0.2, 0) is 28.7 Å². The number of rotatable bonds is 13. The summed E-state index contributed by atoms with van der Waals surface area (Å²) in [5.41, 5.74) is 20.8. The molecule has 11 N–H and O–H groups in total. The van der Waals surface area contributed by atoms with Gasteiger partial charge in [-0.15, -0.1) is 0 Å². The molecule has 1 unspecified atom stereocenters. The zero-order valence-corrected chi connectivity index (χ0v) is 16.7. The smallest absolute Gasteiger partial charge is 0.343 e. The third-order valence-corrected chi connectivity index (χ3v) is 3.64. The minimum atomic E-state index is -2.08. The Morgan fingerprint density at radius 3 is 1.58 bits per heavy atom. The predicted molar refractivity (Wildman–Crippen MR) is 102 cm³/mol. The van der Waals surface area contributed by atoms with Gasteiger partial charge in [0.1, 0.15) is 12.1 Å². The number of nitrogens with two attached hydrogens (primary N) is 4. The van der Waals surface area contributed by atoms with E-state index in [4.69, 9.17) is 22.9 Å². The number of amides is 4. The first-order chi connectivity index (χ1) is 14.4. The maximum Gasteiger partial charge on any atom is 0.343 e. The van der Waals surface area contributed by atoms with Crippen LogP contribution in [0.25, 0.3) is 0 Å². The summed E-state index contributed by atoms with van der Waals surface area (Å²) in [4.78, 5) is 67.7. The van der Waals surface area contributed by atoms with E-state index in [2.05, 4.69) is 20.1 Å². The lowest BCUT2D eigenvalue weighted by molar-refractivity contribution is -0.172. The van der Waals surface area contributed by atoms with Gasteiger partial charge in [0.15, 0.2) is 6.10 Å². The van der Waals surface area contributed by atoms with Crippen molar-refractivity contribution in [3.05, 3.63) is 0 Å². The van der Waals surface area contributed by atoms with Crippen LogP contribution < -0.4 is 33.6 Å². The van der Waals surface area contributed by atoms with Gasteiger partial charge in [-0.25, -0.2) is 24.0 Å². The average molecular weight is 448 g/mol. The Labute approximate surface area is 177 Å². The van der Waals surface area contributed by atoms with Crippen LogP contribution in [0.4, 0.5) is 9.59 Å². The van der Waals surface area contributed by atoms with Crippen molar-refractivity contribution in [2.75, 3.05) is 13.1 Å². The SMILES string of the molecule is NC(=O)NCCC[C@@H](N)C(=O)OC(=O)CC(O)C(=O)OC(=O)[C@H](N)CCCNC(N)=O. The Morgan fingerprint density at radius 2 is 1.16 bits per heavy atom. The lowest BCUT2D eigenvalue weighted by Crippen LogP contribution is -2.39. The van der Waals surface area contributed by atoms with E-state index in [-0.39, 0.29) is 38.8 Å². The van der Waals surface area contributed by atoms with Crippen LogP contribution in [0.5, 0.6) is 0 Å². The number of esters is 4. The van der Waals surface area contributed by atoms with Crippen molar-refractivity contribution in [3.8, 4) is 0 Å². The Morgan fingerprint density at radius 1 is 0.742 bits per heavy atom. The summed E-state index contributed by atoms with van der Waals surface area (Å²) in [6.07, 6.45) is -2.38. The van der Waals surface area contributed by atoms with Crippen LogP contribution in [0.15, 0.2) is 0 Å². The number of carbonyl (C=O) groups is 6. The molecule has 0 aliphatic carbocycles. The Kier molecular flexibility index (Phi) is 13.1. The van der Waals surface area contributed by atoms with Gasteiger partial charge >= 0.3 is 35.9 Å². The fourth-order valence-corrected chi connectivity index (χ4v) is 2.02. The number of aliphatic hydroxyl groups is 1. The molecule has 0 aromatic heterocycles. The fraction of sp³-hybridized carbons (Fsp3) is 0.625. The molecule has 0 spiro atoms. The summed E-state index contributed by atoms with van der Waals surface area (Å²) >= 11 is 0. The van der Waals surface area contributed by atoms with Crippen molar-refractivity contribution in [2.24, 2.45) is 22.9 Å². The van der Waals surface area contributed by atoms with E-state index in [0.717, 1.165) is 0 Å². The molecular formula is C16H28N6O9. The first kappa shape index (κ1) is 27.7. The van der Waals surface area contributed by atoms with E-state index in [9.17, 15) is 33.9 Å². The van der Waals surface area contributed by atoms with Crippen LogP contribution in [0.2, 0.25) is 0 Å². The van der Waals surface area contributed by atoms with E-state index >= 15 is 0 Å². The van der Waals surface area contributed by atoms with Gasteiger partial charge in [0.05, 0.1) is 6.42 Å². The van der Waals surface area contributed by atoms with Gasteiger partial charge in [0.25, 0.3) is 0 Å². The van der Waals surface area contributed by atoms with Crippen molar-refractivity contribution in [1.29, 1.82) is 0 Å². The summed E-state index contributed by atoms with van der Waals surface area (Å²) in [5, 5.41) is 14.2. The van der Waals surface area contributed by atoms with Gasteiger partial charge in [0, 0.05) is 13.1 Å². The molecule has 0 aromatic carbocycles. The zero-order valence-electron chi connectivity index (χ0n) is 16.7. The number of hydrogen-bond donors (Lipinski definition) is 7. The molecule has 0 fully saturated rings. The summed E-state index contributed by atoms with van der Waals surface area (Å²) in [5.74, 6) is -4.98. The number of urea groups is 2. The molecule has 0 radical (unpaired) electrons. The highest BCUT2D eigenvalue weighted by atomic mass is 16.6. The quantitative estimate of drug-likeness (QED) is 0.0822. The third kappa shape index (κ3) is 13.5. The Hall–Kier alpha value is -3.30. The molecule has 0 bridgehead atoms. The van der Waals surface area contributed by atoms with Gasteiger partial charge in [-0.1, -0.05) is 0 Å². The number of ether oxygens (including phenoxy) is 2. The van der Waals surface area contributed by atoms with E-state index in [1.807, 2.05) is 0 Å². The van der Waals surface area contributed by atoms with Gasteiger partial charge in [-0.05, 0) is 25.7 Å². The Balaban J connectivity index is 4.27. The molecule has 3 atom stereocenters. The largest absolute Gasteiger partial charge is 0.392 e. The Bertz CT molecular complexity index is 672. The molecule has 4 amide bonds. The first-order valence-corrected chi connectivity index (χ1v) is 9.19. The van der Waals surface area contributed by atoms with Gasteiger partial charge in [0.2, 0.25) is 0 Å². The molecule has 0 saturated carbocycles. The first-order valence-electron chi connectivity index (χ1n) is 9.19. The highest BCUT2D eigenvalue weighted by Crippen LogP contribution is 2.04. The molecule has 0 rings (SSSR count). The number of aliphatic hydroxyl groups excluding tert-OH is 1. The maximum atomic E-state index is 11.7. The summed E-state index contributed by atoms with van der Waals surface area (Å²) < 4.78 is 8.77. The predicted octanol–water partition coefficient (Wildman–Crippen LogP) is -3.57. The normalized spacial score (nSPS) is 13.3. The maximum absolute atomic E-state index is 11.7. The standard InChI is InChI=1S/C16H28N6O9/c17-8(3-1-5-21-15(19)28)12(25)30-11(24)7-10(23)14(27)31-13(26)9(18)4-2-6-22-16(20)29/h8-10,23H,1-7,17-18H2,(H3,19,21,28)(H3,20,22,29)/t8-,9-,10?/m1/s1. The molecular weight excluding hydrogens is 420 g/mol. The van der Waals surface area contributed by atoms with Gasteiger partial charge < -0.3 is 48.1 Å². The summed E-state index contributed by atoms with van der Waals surface area (Å²) in [6.45, 7) is 0.309. The second-order valence-electron chi connectivity index (χ2n) is 6.33. The molecule has 0 heterocycles. The molecule has 31 heavy (non-hydrogen) atoms. The molecule has 0 aliphatic heterocycles. The number of nitrogens with one attached hydrogen (secondary N) is 2. The minimum absolute atomic E-state index is 0.0475. The second kappa shape index (κ2) is 14.6. The molecule has 15 heteroatoms. The topological polar surface area (TPSA) is 269 Å². The molecule has 176 valence electrons. The van der Waals surface area contributed by atoms with E-state index in [0.29, 0.717) is 0 Å². The van der Waals surface area contributed by atoms with E-state index < -0.39 is 60.5 Å². The second-order valence-corrected chi connectivity index (χ2v) is 6.33. The van der Waals surface area contributed by atoms with Crippen LogP contribution >= 0.6 is 0 Å². The number of primary amides is 2. The van der Waals surface area contributed by atoms with Gasteiger partial charge in [-0.2, -0.15) is 0 Å². The third-order valence-electron chi connectivity index (χ3n) is 3.64. The number of carbonyl (C=O) groups excluding carboxylic acids is 6. The summed E-state index contributed by atoms with van der Waals surface area (Å²) in [7, 11) is 0. The van der Waals surface area contributed by atoms with Crippen LogP contribution in [-0.4, -0.2) is 72.3 Å². The molecule has 0 saturated heterocycles. The van der Waals surface area contributed by atoms with Gasteiger partial charge in [-0.3, -0.25) is 4.79 Å². The fourth-order valence-electron chi connectivity index (χ4n) is 2.02. The van der Waals surface area contributed by atoms with Crippen molar-refractivity contribution >= 4 is 35.9 Å². The minimum Gasteiger partial charge on any atom is -0.392 e. The van der Waals surface area contributed by atoms with E-state index in [1.165, 1.54) is 0 Å². The zero-order chi connectivity index (χ0) is 24.0. The lowest BCUT2D eigenvalue weighted by atomic mass is 10.1. The highest BCUT2D eigenvalue weighted by molar-refractivity contribution is 5.94. The average Bonchev–Trinajstić information content (AvgIpc) is 2.67. The van der Waals surface area contributed by atoms with Crippen molar-refractivity contribution in [3.63, 3.8) is 0 Å². The molecule has 0 aromatic rings. The van der Waals surface area contributed by atoms with Crippen molar-refractivity contribution in [1.82, 2.24) is 10.6 Å². The molecule has 15 nitrogen and oxygen atoms in total. The van der Waals surface area contributed by atoms with E-state index in [1.54, 1.807) is 0 Å². The van der Waals surface area contributed by atoms with Crippen molar-refractivity contribution in [2.45, 2.75) is 50.3 Å². The highest BCUT2D eigenvalue weighted by Gasteiger charge is 2.28. The number of hydrogen-bond acceptors (Lipinski definition) is 11.